The molecule has 0 spiro atoms. The molecule has 0 saturated carbocycles. The molecule has 0 aliphatic heterocycles. The van der Waals surface area contributed by atoms with Gasteiger partial charge in [0, 0.05) is 10.6 Å². The number of hydrogen-bond acceptors (Lipinski definition) is 7. The molecule has 3 aromatic rings. The number of rotatable bonds is 12. The number of hydrazone groups is 1. The third-order valence-corrected chi connectivity index (χ3v) is 5.47. The molecular weight excluding hydrogens is 510 g/mol. The molecule has 0 bridgehead atoms. The number of furan rings is 1. The van der Waals surface area contributed by atoms with Gasteiger partial charge in [-0.25, -0.2) is 10.2 Å². The average molecular weight is 540 g/mol. The fraction of sp³-hybridized carbons (Fsp3) is 0.286. The summed E-state index contributed by atoms with van der Waals surface area (Å²) >= 11 is 5.85. The van der Waals surface area contributed by atoms with Crippen LogP contribution in [0.1, 0.15) is 43.3 Å². The van der Waals surface area contributed by atoms with Crippen molar-refractivity contribution in [2.45, 2.75) is 33.2 Å². The van der Waals surface area contributed by atoms with E-state index in [9.17, 15) is 14.4 Å². The summed E-state index contributed by atoms with van der Waals surface area (Å²) in [4.78, 5) is 36.9. The van der Waals surface area contributed by atoms with Crippen molar-refractivity contribution >= 4 is 35.6 Å². The Hall–Kier alpha value is -4.11. The van der Waals surface area contributed by atoms with E-state index in [1.165, 1.54) is 6.21 Å². The molecule has 0 aliphatic carbocycles. The first-order valence-electron chi connectivity index (χ1n) is 12.1. The fourth-order valence-electron chi connectivity index (χ4n) is 3.42. The van der Waals surface area contributed by atoms with Crippen molar-refractivity contribution in [2.24, 2.45) is 11.0 Å². The predicted molar refractivity (Wildman–Crippen MR) is 144 cm³/mol. The minimum Gasteiger partial charge on any atom is -0.484 e. The molecule has 0 fully saturated rings. The van der Waals surface area contributed by atoms with Gasteiger partial charge in [-0.05, 0) is 67.8 Å². The molecule has 0 unspecified atom stereocenters. The van der Waals surface area contributed by atoms with Crippen LogP contribution in [0.5, 0.6) is 5.75 Å². The number of ether oxygens (including phenoxy) is 2. The van der Waals surface area contributed by atoms with Gasteiger partial charge in [0.05, 0.1) is 18.4 Å². The van der Waals surface area contributed by atoms with Crippen LogP contribution < -0.4 is 15.5 Å². The smallest absolute Gasteiger partial charge is 0.338 e. The lowest BCUT2D eigenvalue weighted by Crippen LogP contribution is -2.47. The predicted octanol–water partition coefficient (Wildman–Crippen LogP) is 4.84. The molecular formula is C28H30ClN3O6. The van der Waals surface area contributed by atoms with Gasteiger partial charge >= 0.3 is 5.97 Å². The Morgan fingerprint density at radius 3 is 2.39 bits per heavy atom. The molecule has 10 heteroatoms. The Morgan fingerprint density at radius 2 is 1.74 bits per heavy atom. The van der Waals surface area contributed by atoms with Crippen LogP contribution in [0.2, 0.25) is 5.02 Å². The number of benzene rings is 2. The molecule has 1 aromatic heterocycles. The highest BCUT2D eigenvalue weighted by Gasteiger charge is 2.22. The number of nitrogens with one attached hydrogen (secondary N) is 2. The maximum atomic E-state index is 12.7. The maximum Gasteiger partial charge on any atom is 0.338 e. The van der Waals surface area contributed by atoms with Gasteiger partial charge in [0.15, 0.2) is 6.61 Å². The molecule has 3 rings (SSSR count). The summed E-state index contributed by atoms with van der Waals surface area (Å²) < 4.78 is 16.2. The second-order valence-electron chi connectivity index (χ2n) is 8.73. The van der Waals surface area contributed by atoms with Crippen molar-refractivity contribution in [3.8, 4) is 17.1 Å². The summed E-state index contributed by atoms with van der Waals surface area (Å²) in [7, 11) is 0. The lowest BCUT2D eigenvalue weighted by molar-refractivity contribution is -0.130. The summed E-state index contributed by atoms with van der Waals surface area (Å²) in [5.74, 6) is 0.338. The van der Waals surface area contributed by atoms with Gasteiger partial charge in [0.25, 0.3) is 11.8 Å². The molecule has 0 aliphatic rings. The fourth-order valence-corrected chi connectivity index (χ4v) is 3.54. The summed E-state index contributed by atoms with van der Waals surface area (Å²) in [6.45, 7) is 5.71. The topological polar surface area (TPSA) is 119 Å². The normalized spacial score (nSPS) is 11.8. The van der Waals surface area contributed by atoms with Crippen LogP contribution in [0, 0.1) is 5.92 Å². The van der Waals surface area contributed by atoms with Crippen molar-refractivity contribution in [1.29, 1.82) is 0 Å². The molecule has 38 heavy (non-hydrogen) atoms. The van der Waals surface area contributed by atoms with E-state index in [1.807, 2.05) is 13.8 Å². The summed E-state index contributed by atoms with van der Waals surface area (Å²) in [5, 5.41) is 7.22. The van der Waals surface area contributed by atoms with Gasteiger partial charge < -0.3 is 19.2 Å². The SMILES string of the molecule is CCOC(=O)c1ccc(-c2ccc(/C=N\NC(=O)[C@H](CC(C)C)NC(=O)COc3ccc(Cl)cc3)o2)cc1. The first-order chi connectivity index (χ1) is 18.2. The molecule has 200 valence electrons. The van der Waals surface area contributed by atoms with Crippen molar-refractivity contribution in [2.75, 3.05) is 13.2 Å². The zero-order valence-corrected chi connectivity index (χ0v) is 22.2. The van der Waals surface area contributed by atoms with E-state index in [0.29, 0.717) is 40.9 Å². The third kappa shape index (κ3) is 8.77. The average Bonchev–Trinajstić information content (AvgIpc) is 3.37. The van der Waals surface area contributed by atoms with E-state index in [0.717, 1.165) is 5.56 Å². The lowest BCUT2D eigenvalue weighted by atomic mass is 10.0. The van der Waals surface area contributed by atoms with Crippen molar-refractivity contribution in [3.63, 3.8) is 0 Å². The van der Waals surface area contributed by atoms with Crippen LogP contribution in [0.25, 0.3) is 11.3 Å². The molecule has 2 N–H and O–H groups in total. The van der Waals surface area contributed by atoms with E-state index < -0.39 is 17.9 Å². The van der Waals surface area contributed by atoms with E-state index in [2.05, 4.69) is 15.8 Å². The monoisotopic (exact) mass is 539 g/mol. The van der Waals surface area contributed by atoms with Gasteiger partial charge in [-0.3, -0.25) is 9.59 Å². The molecule has 1 atom stereocenters. The van der Waals surface area contributed by atoms with Gasteiger partial charge in [-0.15, -0.1) is 0 Å². The summed E-state index contributed by atoms with van der Waals surface area (Å²) in [5.41, 5.74) is 3.67. The second kappa shape index (κ2) is 14.0. The minimum absolute atomic E-state index is 0.148. The first kappa shape index (κ1) is 28.5. The number of halogens is 1. The zero-order valence-electron chi connectivity index (χ0n) is 21.4. The molecule has 0 saturated heterocycles. The van der Waals surface area contributed by atoms with Crippen LogP contribution in [0.4, 0.5) is 0 Å². The van der Waals surface area contributed by atoms with Crippen molar-refractivity contribution < 1.29 is 28.3 Å². The van der Waals surface area contributed by atoms with E-state index in [-0.39, 0.29) is 18.5 Å². The van der Waals surface area contributed by atoms with E-state index >= 15 is 0 Å². The largest absolute Gasteiger partial charge is 0.484 e. The molecule has 2 aromatic carbocycles. The minimum atomic E-state index is -0.793. The molecule has 2 amide bonds. The van der Waals surface area contributed by atoms with Crippen LogP contribution >= 0.6 is 11.6 Å². The number of hydrogen-bond donors (Lipinski definition) is 2. The number of carbonyl (C=O) groups excluding carboxylic acids is 3. The van der Waals surface area contributed by atoms with Gasteiger partial charge in [-0.2, -0.15) is 5.10 Å². The highest BCUT2D eigenvalue weighted by atomic mass is 35.5. The highest BCUT2D eigenvalue weighted by Crippen LogP contribution is 2.22. The standard InChI is InChI=1S/C28H30ClN3O6/c1-4-36-28(35)20-7-5-19(6-8-20)25-14-13-23(38-25)16-30-32-27(34)24(15-18(2)3)31-26(33)17-37-22-11-9-21(29)10-12-22/h5-14,16,18,24H,4,15,17H2,1-3H3,(H,31,33)(H,32,34)/b30-16-/t24-/m0/s1. The van der Waals surface area contributed by atoms with E-state index in [4.69, 9.17) is 25.5 Å². The second-order valence-corrected chi connectivity index (χ2v) is 9.16. The number of nitrogens with zero attached hydrogens (tertiary/aromatic N) is 1. The van der Waals surface area contributed by atoms with Crippen molar-refractivity contribution in [1.82, 2.24) is 10.7 Å². The first-order valence-corrected chi connectivity index (χ1v) is 12.5. The molecule has 0 radical (unpaired) electrons. The molecule has 1 heterocycles. The van der Waals surface area contributed by atoms with Crippen LogP contribution in [0.3, 0.4) is 0 Å². The van der Waals surface area contributed by atoms with Crippen LogP contribution in [-0.2, 0) is 14.3 Å². The van der Waals surface area contributed by atoms with Crippen molar-refractivity contribution in [3.05, 3.63) is 77.0 Å². The van der Waals surface area contributed by atoms with Gasteiger partial charge in [0.2, 0.25) is 0 Å². The third-order valence-electron chi connectivity index (χ3n) is 5.22. The Kier molecular flexibility index (Phi) is 10.5. The van der Waals surface area contributed by atoms with E-state index in [1.54, 1.807) is 67.6 Å². The Balaban J connectivity index is 1.54. The number of carbonyl (C=O) groups is 3. The number of esters is 1. The Morgan fingerprint density at radius 1 is 1.03 bits per heavy atom. The quantitative estimate of drug-likeness (QED) is 0.193. The Labute approximate surface area is 226 Å². The maximum absolute atomic E-state index is 12.7. The Bertz CT molecular complexity index is 1250. The number of amides is 2. The van der Waals surface area contributed by atoms with Crippen LogP contribution in [-0.4, -0.2) is 43.3 Å². The van der Waals surface area contributed by atoms with Gasteiger partial charge in [-0.1, -0.05) is 37.6 Å². The zero-order chi connectivity index (χ0) is 27.5. The summed E-state index contributed by atoms with van der Waals surface area (Å²) in [6, 6.07) is 16.1. The summed E-state index contributed by atoms with van der Waals surface area (Å²) in [6.07, 6.45) is 1.78. The molecule has 9 nitrogen and oxygen atoms in total. The van der Waals surface area contributed by atoms with Crippen LogP contribution in [0.15, 0.2) is 70.2 Å². The lowest BCUT2D eigenvalue weighted by Gasteiger charge is -2.19. The highest BCUT2D eigenvalue weighted by molar-refractivity contribution is 6.30. The van der Waals surface area contributed by atoms with Gasteiger partial charge in [0.1, 0.15) is 23.3 Å².